The highest BCUT2D eigenvalue weighted by atomic mass is 35.5. The maximum Gasteiger partial charge on any atom is 0.262 e. The van der Waals surface area contributed by atoms with Crippen LogP contribution >= 0.6 is 45.9 Å². The van der Waals surface area contributed by atoms with Gasteiger partial charge in [0, 0.05) is 13.1 Å². The molecule has 0 aliphatic rings. The molecule has 0 atom stereocenters. The Morgan fingerprint density at radius 1 is 1.08 bits per heavy atom. The molecule has 1 aromatic carbocycles. The summed E-state index contributed by atoms with van der Waals surface area (Å²) in [6.45, 7) is 5.38. The SMILES string of the molecule is Cc1cc2nc(N(CCN(C)C)C(=O)c3cc(Cl)sc3Cl)sc2cc1C. The molecule has 2 heterocycles. The van der Waals surface area contributed by atoms with Gasteiger partial charge in [-0.2, -0.15) is 0 Å². The van der Waals surface area contributed by atoms with Gasteiger partial charge in [0.25, 0.3) is 5.91 Å². The predicted octanol–water partition coefficient (Wildman–Crippen LogP) is 5.49. The smallest absolute Gasteiger partial charge is 0.262 e. The molecule has 0 radical (unpaired) electrons. The number of hydrogen-bond acceptors (Lipinski definition) is 5. The van der Waals surface area contributed by atoms with Gasteiger partial charge >= 0.3 is 0 Å². The fourth-order valence-corrected chi connectivity index (χ4v) is 5.02. The summed E-state index contributed by atoms with van der Waals surface area (Å²) in [5.41, 5.74) is 3.73. The van der Waals surface area contributed by atoms with E-state index in [1.807, 2.05) is 19.0 Å². The van der Waals surface area contributed by atoms with Crippen LogP contribution in [0.15, 0.2) is 18.2 Å². The van der Waals surface area contributed by atoms with E-state index in [4.69, 9.17) is 28.2 Å². The lowest BCUT2D eigenvalue weighted by Crippen LogP contribution is -2.36. The molecule has 0 spiro atoms. The number of carbonyl (C=O) groups is 1. The first-order valence-corrected chi connectivity index (χ1v) is 10.4. The third-order valence-electron chi connectivity index (χ3n) is 4.13. The summed E-state index contributed by atoms with van der Waals surface area (Å²) in [4.78, 5) is 21.6. The molecule has 0 aliphatic carbocycles. The summed E-state index contributed by atoms with van der Waals surface area (Å²) < 4.78 is 1.98. The fraction of sp³-hybridized carbons (Fsp3) is 0.333. The summed E-state index contributed by atoms with van der Waals surface area (Å²) in [5.74, 6) is -0.174. The maximum atomic E-state index is 13.1. The van der Waals surface area contributed by atoms with Crippen molar-refractivity contribution in [1.29, 1.82) is 0 Å². The zero-order valence-electron chi connectivity index (χ0n) is 15.0. The standard InChI is InChI=1S/C18H19Cl2N3OS2/c1-10-7-13-14(8-11(10)2)25-18(21-13)23(6-5-22(3)4)17(24)12-9-15(19)26-16(12)20/h7-9H,5-6H2,1-4H3. The molecule has 0 unspecified atom stereocenters. The van der Waals surface area contributed by atoms with Gasteiger partial charge in [-0.15, -0.1) is 11.3 Å². The van der Waals surface area contributed by atoms with Crippen LogP contribution in [-0.4, -0.2) is 43.0 Å². The predicted molar refractivity (Wildman–Crippen MR) is 114 cm³/mol. The summed E-state index contributed by atoms with van der Waals surface area (Å²) in [6, 6.07) is 5.81. The Labute approximate surface area is 171 Å². The number of benzene rings is 1. The lowest BCUT2D eigenvalue weighted by molar-refractivity contribution is 0.0986. The van der Waals surface area contributed by atoms with Crippen LogP contribution in [0.1, 0.15) is 21.5 Å². The number of thiophene rings is 1. The van der Waals surface area contributed by atoms with Gasteiger partial charge in [0.15, 0.2) is 5.13 Å². The quantitative estimate of drug-likeness (QED) is 0.539. The average Bonchev–Trinajstić information content (AvgIpc) is 3.10. The highest BCUT2D eigenvalue weighted by Crippen LogP contribution is 2.35. The molecule has 0 saturated heterocycles. The van der Waals surface area contributed by atoms with Crippen LogP contribution in [0.4, 0.5) is 5.13 Å². The number of nitrogens with zero attached hydrogens (tertiary/aromatic N) is 3. The first-order valence-electron chi connectivity index (χ1n) is 8.05. The number of aromatic nitrogens is 1. The molecule has 4 nitrogen and oxygen atoms in total. The Hall–Kier alpha value is -1.18. The van der Waals surface area contributed by atoms with E-state index in [9.17, 15) is 4.79 Å². The van der Waals surface area contributed by atoms with Crippen LogP contribution in [-0.2, 0) is 0 Å². The number of likely N-dealkylation sites (N-methyl/N-ethyl adjacent to an activating group) is 1. The van der Waals surface area contributed by atoms with E-state index >= 15 is 0 Å². The van der Waals surface area contributed by atoms with Crippen molar-refractivity contribution in [1.82, 2.24) is 9.88 Å². The summed E-state index contributed by atoms with van der Waals surface area (Å²) in [6.07, 6.45) is 0. The van der Waals surface area contributed by atoms with Crippen molar-refractivity contribution in [3.8, 4) is 0 Å². The molecule has 3 aromatic rings. The van der Waals surface area contributed by atoms with E-state index in [0.29, 0.717) is 25.9 Å². The number of thiazole rings is 1. The Balaban J connectivity index is 2.03. The maximum absolute atomic E-state index is 13.1. The second-order valence-corrected chi connectivity index (χ2v) is 9.69. The Kier molecular flexibility index (Phi) is 5.89. The number of halogens is 2. The van der Waals surface area contributed by atoms with Crippen molar-refractivity contribution in [2.45, 2.75) is 13.8 Å². The lowest BCUT2D eigenvalue weighted by atomic mass is 10.1. The normalized spacial score (nSPS) is 11.5. The van der Waals surface area contributed by atoms with Gasteiger partial charge in [-0.05, 0) is 57.3 Å². The Morgan fingerprint density at radius 3 is 2.38 bits per heavy atom. The molecular weight excluding hydrogens is 409 g/mol. The van der Waals surface area contributed by atoms with Gasteiger partial charge in [-0.25, -0.2) is 4.98 Å². The van der Waals surface area contributed by atoms with Gasteiger partial charge in [-0.1, -0.05) is 34.5 Å². The fourth-order valence-electron chi connectivity index (χ4n) is 2.50. The summed E-state index contributed by atoms with van der Waals surface area (Å²) in [5, 5.41) is 0.676. The lowest BCUT2D eigenvalue weighted by Gasteiger charge is -2.21. The number of carbonyl (C=O) groups excluding carboxylic acids is 1. The molecule has 3 rings (SSSR count). The van der Waals surface area contributed by atoms with Crippen LogP contribution in [0, 0.1) is 13.8 Å². The van der Waals surface area contributed by atoms with Gasteiger partial charge in [0.1, 0.15) is 4.34 Å². The van der Waals surface area contributed by atoms with E-state index in [2.05, 4.69) is 26.0 Å². The highest BCUT2D eigenvalue weighted by molar-refractivity contribution is 7.22. The zero-order chi connectivity index (χ0) is 19.0. The first kappa shape index (κ1) is 19.6. The van der Waals surface area contributed by atoms with Crippen molar-refractivity contribution in [3.05, 3.63) is 43.6 Å². The minimum absolute atomic E-state index is 0.174. The minimum atomic E-state index is -0.174. The number of aryl methyl sites for hydroxylation is 2. The van der Waals surface area contributed by atoms with Crippen LogP contribution in [0.2, 0.25) is 8.67 Å². The molecule has 1 amide bonds. The molecule has 8 heteroatoms. The van der Waals surface area contributed by atoms with Gasteiger partial charge in [-0.3, -0.25) is 9.69 Å². The van der Waals surface area contributed by atoms with Gasteiger partial charge < -0.3 is 4.90 Å². The zero-order valence-corrected chi connectivity index (χ0v) is 18.1. The summed E-state index contributed by atoms with van der Waals surface area (Å²) in [7, 11) is 3.95. The van der Waals surface area contributed by atoms with Crippen molar-refractivity contribution in [2.75, 3.05) is 32.1 Å². The first-order chi connectivity index (χ1) is 12.3. The molecule has 2 aromatic heterocycles. The number of rotatable bonds is 5. The molecular formula is C18H19Cl2N3OS2. The van der Waals surface area contributed by atoms with Crippen molar-refractivity contribution in [3.63, 3.8) is 0 Å². The molecule has 138 valence electrons. The van der Waals surface area contributed by atoms with E-state index in [0.717, 1.165) is 16.8 Å². The number of anilines is 1. The van der Waals surface area contributed by atoms with E-state index in [-0.39, 0.29) is 5.91 Å². The molecule has 26 heavy (non-hydrogen) atoms. The van der Waals surface area contributed by atoms with Crippen molar-refractivity contribution < 1.29 is 4.79 Å². The van der Waals surface area contributed by atoms with Crippen LogP contribution in [0.5, 0.6) is 0 Å². The second-order valence-electron chi connectivity index (χ2n) is 6.40. The van der Waals surface area contributed by atoms with Crippen LogP contribution in [0.25, 0.3) is 10.2 Å². The van der Waals surface area contributed by atoms with E-state index < -0.39 is 0 Å². The topological polar surface area (TPSA) is 36.4 Å². The van der Waals surface area contributed by atoms with Gasteiger partial charge in [0.2, 0.25) is 0 Å². The molecule has 0 bridgehead atoms. The largest absolute Gasteiger partial charge is 0.308 e. The van der Waals surface area contributed by atoms with Crippen molar-refractivity contribution in [2.24, 2.45) is 0 Å². The molecule has 0 saturated carbocycles. The summed E-state index contributed by atoms with van der Waals surface area (Å²) >= 11 is 15.0. The molecule has 0 N–H and O–H groups in total. The monoisotopic (exact) mass is 427 g/mol. The van der Waals surface area contributed by atoms with Crippen LogP contribution in [0.3, 0.4) is 0 Å². The number of fused-ring (bicyclic) bond motifs is 1. The molecule has 0 aliphatic heterocycles. The minimum Gasteiger partial charge on any atom is -0.308 e. The number of amides is 1. The Bertz CT molecular complexity index is 926. The van der Waals surface area contributed by atoms with E-state index in [1.54, 1.807) is 11.0 Å². The molecule has 0 fully saturated rings. The Morgan fingerprint density at radius 2 is 1.77 bits per heavy atom. The van der Waals surface area contributed by atoms with Crippen LogP contribution < -0.4 is 4.90 Å². The second kappa shape index (κ2) is 7.82. The highest BCUT2D eigenvalue weighted by Gasteiger charge is 2.25. The van der Waals surface area contributed by atoms with E-state index in [1.165, 1.54) is 33.8 Å². The number of hydrogen-bond donors (Lipinski definition) is 0. The van der Waals surface area contributed by atoms with Gasteiger partial charge in [0.05, 0.1) is 20.1 Å². The third-order valence-corrected chi connectivity index (χ3v) is 6.66. The third kappa shape index (κ3) is 4.05. The van der Waals surface area contributed by atoms with Crippen molar-refractivity contribution >= 4 is 67.1 Å². The average molecular weight is 428 g/mol.